The quantitative estimate of drug-likeness (QED) is 0.416. The summed E-state index contributed by atoms with van der Waals surface area (Å²) in [6, 6.07) is 9.87. The van der Waals surface area contributed by atoms with Crippen molar-refractivity contribution in [3.63, 3.8) is 0 Å². The number of para-hydroxylation sites is 1. The molecule has 0 saturated carbocycles. The van der Waals surface area contributed by atoms with Crippen molar-refractivity contribution in [3.8, 4) is 11.3 Å². The fourth-order valence-corrected chi connectivity index (χ4v) is 2.44. The van der Waals surface area contributed by atoms with Crippen LogP contribution in [-0.2, 0) is 4.79 Å². The normalized spacial score (nSPS) is 10.8. The van der Waals surface area contributed by atoms with E-state index in [-0.39, 0.29) is 5.69 Å². The molecule has 2 N–H and O–H groups in total. The lowest BCUT2D eigenvalue weighted by Gasteiger charge is -2.01. The second-order valence-corrected chi connectivity index (χ2v) is 5.45. The number of nitro groups is 1. The molecule has 0 aliphatic rings. The predicted molar refractivity (Wildman–Crippen MR) is 97.3 cm³/mol. The Balaban J connectivity index is 1.76. The molecule has 0 aliphatic heterocycles. The molecule has 0 aliphatic carbocycles. The van der Waals surface area contributed by atoms with E-state index in [1.807, 2.05) is 19.1 Å². The van der Waals surface area contributed by atoms with Gasteiger partial charge in [0, 0.05) is 35.7 Å². The fourth-order valence-electron chi connectivity index (χ4n) is 2.44. The third-order valence-electron chi connectivity index (χ3n) is 3.77. The van der Waals surface area contributed by atoms with E-state index in [4.69, 9.17) is 0 Å². The molecule has 0 spiro atoms. The van der Waals surface area contributed by atoms with Gasteiger partial charge in [-0.25, -0.2) is 0 Å². The average molecular weight is 349 g/mol. The van der Waals surface area contributed by atoms with Gasteiger partial charge in [-0.05, 0) is 31.2 Å². The topological polar surface area (TPSA) is 114 Å². The summed E-state index contributed by atoms with van der Waals surface area (Å²) in [5.41, 5.74) is 2.76. The van der Waals surface area contributed by atoms with Crippen LogP contribution in [0.4, 0.5) is 11.5 Å². The number of benzene rings is 1. The molecule has 130 valence electrons. The summed E-state index contributed by atoms with van der Waals surface area (Å²) < 4.78 is 0. The maximum absolute atomic E-state index is 12.1. The maximum atomic E-state index is 12.1. The van der Waals surface area contributed by atoms with E-state index in [2.05, 4.69) is 20.5 Å². The molecular weight excluding hydrogens is 334 g/mol. The minimum Gasteiger partial charge on any atom is -0.305 e. The molecule has 0 saturated heterocycles. The van der Waals surface area contributed by atoms with E-state index in [9.17, 15) is 14.9 Å². The first kappa shape index (κ1) is 17.0. The number of carbonyl (C=O) groups excluding carboxylic acids is 1. The molecule has 0 unspecified atom stereocenters. The zero-order chi connectivity index (χ0) is 18.5. The van der Waals surface area contributed by atoms with Crippen LogP contribution in [0, 0.1) is 17.0 Å². The van der Waals surface area contributed by atoms with Crippen molar-refractivity contribution in [2.45, 2.75) is 6.92 Å². The van der Waals surface area contributed by atoms with Crippen LogP contribution < -0.4 is 5.32 Å². The van der Waals surface area contributed by atoms with E-state index >= 15 is 0 Å². The maximum Gasteiger partial charge on any atom is 0.276 e. The molecule has 1 aromatic carbocycles. The monoisotopic (exact) mass is 349 g/mol. The van der Waals surface area contributed by atoms with Crippen molar-refractivity contribution in [3.05, 3.63) is 76.1 Å². The van der Waals surface area contributed by atoms with E-state index in [1.54, 1.807) is 30.6 Å². The van der Waals surface area contributed by atoms with E-state index in [0.717, 1.165) is 16.8 Å². The highest BCUT2D eigenvalue weighted by atomic mass is 16.6. The molecule has 3 rings (SSSR count). The third-order valence-corrected chi connectivity index (χ3v) is 3.77. The van der Waals surface area contributed by atoms with Crippen LogP contribution in [0.1, 0.15) is 11.1 Å². The number of hydrogen-bond donors (Lipinski definition) is 2. The number of hydrogen-bond acceptors (Lipinski definition) is 5. The highest BCUT2D eigenvalue weighted by molar-refractivity contribution is 6.02. The van der Waals surface area contributed by atoms with Crippen LogP contribution in [0.25, 0.3) is 17.3 Å². The molecule has 0 fully saturated rings. The first-order valence-electron chi connectivity index (χ1n) is 7.74. The Morgan fingerprint density at radius 2 is 1.96 bits per heavy atom. The Labute approximate surface area is 148 Å². The van der Waals surface area contributed by atoms with E-state index in [1.165, 1.54) is 18.2 Å². The van der Waals surface area contributed by atoms with Crippen LogP contribution in [-0.4, -0.2) is 26.0 Å². The molecular formula is C18H15N5O3. The summed E-state index contributed by atoms with van der Waals surface area (Å²) in [6.45, 7) is 1.83. The summed E-state index contributed by atoms with van der Waals surface area (Å²) in [6.07, 6.45) is 5.98. The lowest BCUT2D eigenvalue weighted by molar-refractivity contribution is -0.385. The van der Waals surface area contributed by atoms with Gasteiger partial charge in [0.05, 0.1) is 16.2 Å². The molecule has 1 amide bonds. The summed E-state index contributed by atoms with van der Waals surface area (Å²) in [4.78, 5) is 26.6. The SMILES string of the molecule is Cc1c(NC(=O)/C=C/c2ccccc2[N+](=O)[O-])n[nH]c1-c1ccncc1. The third kappa shape index (κ3) is 3.64. The van der Waals surface area contributed by atoms with Crippen molar-refractivity contribution in [1.82, 2.24) is 15.2 Å². The number of H-pyrrole nitrogens is 1. The first-order chi connectivity index (χ1) is 12.6. The number of amides is 1. The highest BCUT2D eigenvalue weighted by Gasteiger charge is 2.13. The zero-order valence-corrected chi connectivity index (χ0v) is 13.8. The van der Waals surface area contributed by atoms with Gasteiger partial charge in [-0.2, -0.15) is 5.10 Å². The molecule has 2 heterocycles. The van der Waals surface area contributed by atoms with Crippen LogP contribution in [0.3, 0.4) is 0 Å². The van der Waals surface area contributed by atoms with Crippen molar-refractivity contribution in [1.29, 1.82) is 0 Å². The van der Waals surface area contributed by atoms with Gasteiger partial charge in [-0.15, -0.1) is 0 Å². The molecule has 8 heteroatoms. The Kier molecular flexibility index (Phi) is 4.84. The van der Waals surface area contributed by atoms with Crippen molar-refractivity contribution < 1.29 is 9.72 Å². The lowest BCUT2D eigenvalue weighted by Crippen LogP contribution is -2.09. The molecule has 0 atom stereocenters. The molecule has 0 radical (unpaired) electrons. The Hall–Kier alpha value is -3.81. The number of nitrogens with one attached hydrogen (secondary N) is 2. The van der Waals surface area contributed by atoms with Gasteiger partial charge in [-0.1, -0.05) is 12.1 Å². The number of aromatic amines is 1. The van der Waals surface area contributed by atoms with Gasteiger partial charge in [0.2, 0.25) is 5.91 Å². The minimum absolute atomic E-state index is 0.0625. The molecule has 8 nitrogen and oxygen atoms in total. The fraction of sp³-hybridized carbons (Fsp3) is 0.0556. The number of carbonyl (C=O) groups is 1. The van der Waals surface area contributed by atoms with Crippen LogP contribution >= 0.6 is 0 Å². The number of pyridine rings is 1. The van der Waals surface area contributed by atoms with Crippen LogP contribution in [0.15, 0.2) is 54.9 Å². The standard InChI is InChI=1S/C18H15N5O3/c1-12-17(14-8-10-19-11-9-14)21-22-18(12)20-16(24)7-6-13-4-2-3-5-15(13)23(25)26/h2-11H,1H3,(H2,20,21,22,24)/b7-6+. The summed E-state index contributed by atoms with van der Waals surface area (Å²) in [5, 5.41) is 20.7. The molecule has 0 bridgehead atoms. The van der Waals surface area contributed by atoms with Crippen molar-refractivity contribution >= 4 is 23.5 Å². The molecule has 2 aromatic heterocycles. The smallest absolute Gasteiger partial charge is 0.276 e. The lowest BCUT2D eigenvalue weighted by atomic mass is 10.1. The van der Waals surface area contributed by atoms with Crippen LogP contribution in [0.5, 0.6) is 0 Å². The van der Waals surface area contributed by atoms with Gasteiger partial charge in [0.15, 0.2) is 5.82 Å². The van der Waals surface area contributed by atoms with Gasteiger partial charge < -0.3 is 5.32 Å². The molecule has 26 heavy (non-hydrogen) atoms. The largest absolute Gasteiger partial charge is 0.305 e. The van der Waals surface area contributed by atoms with Gasteiger partial charge in [0.1, 0.15) is 0 Å². The average Bonchev–Trinajstić information content (AvgIpc) is 3.01. The van der Waals surface area contributed by atoms with Gasteiger partial charge in [-0.3, -0.25) is 25.0 Å². The zero-order valence-electron chi connectivity index (χ0n) is 13.8. The first-order valence-corrected chi connectivity index (χ1v) is 7.74. The Bertz CT molecular complexity index is 980. The second-order valence-electron chi connectivity index (χ2n) is 5.45. The van der Waals surface area contributed by atoms with E-state index in [0.29, 0.717) is 11.4 Å². The number of anilines is 1. The second kappa shape index (κ2) is 7.39. The number of nitro benzene ring substituents is 1. The number of rotatable bonds is 5. The number of nitrogens with zero attached hydrogens (tertiary/aromatic N) is 3. The van der Waals surface area contributed by atoms with E-state index < -0.39 is 10.8 Å². The summed E-state index contributed by atoms with van der Waals surface area (Å²) in [5.74, 6) is -0.0342. The molecule has 3 aromatic rings. The van der Waals surface area contributed by atoms with Gasteiger partial charge in [0.25, 0.3) is 5.69 Å². The predicted octanol–water partition coefficient (Wildman–Crippen LogP) is 3.34. The number of aromatic nitrogens is 3. The Morgan fingerprint density at radius 1 is 1.23 bits per heavy atom. The Morgan fingerprint density at radius 3 is 2.69 bits per heavy atom. The highest BCUT2D eigenvalue weighted by Crippen LogP contribution is 2.25. The van der Waals surface area contributed by atoms with Gasteiger partial charge >= 0.3 is 0 Å². The van der Waals surface area contributed by atoms with Crippen molar-refractivity contribution in [2.75, 3.05) is 5.32 Å². The summed E-state index contributed by atoms with van der Waals surface area (Å²) >= 11 is 0. The van der Waals surface area contributed by atoms with Crippen molar-refractivity contribution in [2.24, 2.45) is 0 Å². The van der Waals surface area contributed by atoms with Crippen LogP contribution in [0.2, 0.25) is 0 Å². The minimum atomic E-state index is -0.490. The summed E-state index contributed by atoms with van der Waals surface area (Å²) in [7, 11) is 0.